The van der Waals surface area contributed by atoms with Gasteiger partial charge in [0.2, 0.25) is 0 Å². The molecule has 0 aliphatic heterocycles. The number of carbonyl (C=O) groups excluding carboxylic acids is 1. The molecule has 0 aromatic heterocycles. The molecule has 0 spiro atoms. The van der Waals surface area contributed by atoms with Gasteiger partial charge in [-0.05, 0) is 13.0 Å². The SMILES string of the molecule is CCC(=O)C(NC)C(C)CC. The van der Waals surface area contributed by atoms with Crippen LogP contribution in [0.4, 0.5) is 0 Å². The molecule has 1 N–H and O–H groups in total. The summed E-state index contributed by atoms with van der Waals surface area (Å²) in [4.78, 5) is 11.3. The quantitative estimate of drug-likeness (QED) is 0.656. The fourth-order valence-electron chi connectivity index (χ4n) is 1.22. The molecule has 2 heteroatoms. The van der Waals surface area contributed by atoms with Crippen LogP contribution in [-0.4, -0.2) is 18.9 Å². The third-order valence-corrected chi connectivity index (χ3v) is 2.22. The fourth-order valence-corrected chi connectivity index (χ4v) is 1.22. The Bertz CT molecular complexity index is 123. The Labute approximate surface area is 69.4 Å². The number of hydrogen-bond donors (Lipinski definition) is 1. The van der Waals surface area contributed by atoms with Gasteiger partial charge in [-0.3, -0.25) is 4.79 Å². The van der Waals surface area contributed by atoms with Gasteiger partial charge in [-0.1, -0.05) is 27.2 Å². The van der Waals surface area contributed by atoms with Crippen LogP contribution in [0, 0.1) is 5.92 Å². The summed E-state index contributed by atoms with van der Waals surface area (Å²) in [5.41, 5.74) is 0. The number of carbonyl (C=O) groups is 1. The average Bonchev–Trinajstić information content (AvgIpc) is 2.05. The number of hydrogen-bond acceptors (Lipinski definition) is 2. The number of Topliss-reactive ketones (excluding diaryl/α,β-unsaturated/α-hetero) is 1. The molecule has 0 heterocycles. The van der Waals surface area contributed by atoms with Crippen molar-refractivity contribution in [2.24, 2.45) is 5.92 Å². The summed E-state index contributed by atoms with van der Waals surface area (Å²) >= 11 is 0. The monoisotopic (exact) mass is 157 g/mol. The van der Waals surface area contributed by atoms with Gasteiger partial charge in [0.05, 0.1) is 6.04 Å². The molecule has 0 saturated heterocycles. The Hall–Kier alpha value is -0.370. The van der Waals surface area contributed by atoms with Gasteiger partial charge in [0, 0.05) is 6.42 Å². The molecule has 0 aliphatic rings. The maximum atomic E-state index is 11.3. The van der Waals surface area contributed by atoms with Gasteiger partial charge in [0.15, 0.2) is 0 Å². The van der Waals surface area contributed by atoms with Crippen LogP contribution in [0.3, 0.4) is 0 Å². The Morgan fingerprint density at radius 3 is 2.27 bits per heavy atom. The molecule has 0 aromatic rings. The highest BCUT2D eigenvalue weighted by Gasteiger charge is 2.19. The van der Waals surface area contributed by atoms with Crippen molar-refractivity contribution in [2.75, 3.05) is 7.05 Å². The zero-order chi connectivity index (χ0) is 8.85. The molecule has 0 amide bonds. The minimum Gasteiger partial charge on any atom is -0.310 e. The lowest BCUT2D eigenvalue weighted by Gasteiger charge is -2.20. The average molecular weight is 157 g/mol. The maximum Gasteiger partial charge on any atom is 0.149 e. The predicted molar refractivity (Wildman–Crippen MR) is 47.6 cm³/mol. The molecule has 0 fully saturated rings. The third kappa shape index (κ3) is 3.02. The first-order valence-corrected chi connectivity index (χ1v) is 4.37. The fraction of sp³-hybridized carbons (Fsp3) is 0.889. The molecule has 2 atom stereocenters. The minimum absolute atomic E-state index is 0.0602. The molecule has 11 heavy (non-hydrogen) atoms. The Morgan fingerprint density at radius 1 is 1.45 bits per heavy atom. The molecular weight excluding hydrogens is 138 g/mol. The van der Waals surface area contributed by atoms with E-state index in [9.17, 15) is 4.79 Å². The lowest BCUT2D eigenvalue weighted by molar-refractivity contribution is -0.121. The van der Waals surface area contributed by atoms with Crippen LogP contribution in [0.5, 0.6) is 0 Å². The van der Waals surface area contributed by atoms with Crippen molar-refractivity contribution in [3.05, 3.63) is 0 Å². The van der Waals surface area contributed by atoms with Gasteiger partial charge in [-0.15, -0.1) is 0 Å². The first-order valence-electron chi connectivity index (χ1n) is 4.37. The number of ketones is 1. The lowest BCUT2D eigenvalue weighted by atomic mass is 9.94. The Kier molecular flexibility index (Phi) is 5.12. The second-order valence-electron chi connectivity index (χ2n) is 2.97. The highest BCUT2D eigenvalue weighted by Crippen LogP contribution is 2.09. The second kappa shape index (κ2) is 5.30. The summed E-state index contributed by atoms with van der Waals surface area (Å²) in [6, 6.07) is 0.0602. The van der Waals surface area contributed by atoms with Gasteiger partial charge < -0.3 is 5.32 Å². The summed E-state index contributed by atoms with van der Waals surface area (Å²) in [7, 11) is 1.85. The summed E-state index contributed by atoms with van der Waals surface area (Å²) in [6.45, 7) is 6.13. The molecule has 0 rings (SSSR count). The molecule has 0 radical (unpaired) electrons. The van der Waals surface area contributed by atoms with E-state index in [1.54, 1.807) is 0 Å². The molecule has 0 aliphatic carbocycles. The van der Waals surface area contributed by atoms with Crippen LogP contribution >= 0.6 is 0 Å². The van der Waals surface area contributed by atoms with Gasteiger partial charge >= 0.3 is 0 Å². The zero-order valence-electron chi connectivity index (χ0n) is 7.98. The van der Waals surface area contributed by atoms with Gasteiger partial charge in [0.25, 0.3) is 0 Å². The van der Waals surface area contributed by atoms with Crippen LogP contribution in [0.25, 0.3) is 0 Å². The minimum atomic E-state index is 0.0602. The van der Waals surface area contributed by atoms with E-state index < -0.39 is 0 Å². The van der Waals surface area contributed by atoms with E-state index >= 15 is 0 Å². The summed E-state index contributed by atoms with van der Waals surface area (Å²) in [5.74, 6) is 0.773. The topological polar surface area (TPSA) is 29.1 Å². The van der Waals surface area contributed by atoms with Crippen LogP contribution in [0.1, 0.15) is 33.6 Å². The molecule has 0 aromatic carbocycles. The van der Waals surface area contributed by atoms with E-state index in [2.05, 4.69) is 19.2 Å². The van der Waals surface area contributed by atoms with Crippen molar-refractivity contribution in [1.29, 1.82) is 0 Å². The van der Waals surface area contributed by atoms with Gasteiger partial charge in [0.1, 0.15) is 5.78 Å². The maximum absolute atomic E-state index is 11.3. The molecule has 2 nitrogen and oxygen atoms in total. The number of likely N-dealkylation sites (N-methyl/N-ethyl adjacent to an activating group) is 1. The summed E-state index contributed by atoms with van der Waals surface area (Å²) < 4.78 is 0. The van der Waals surface area contributed by atoms with Crippen molar-refractivity contribution in [3.63, 3.8) is 0 Å². The van der Waals surface area contributed by atoms with Crippen molar-refractivity contribution in [1.82, 2.24) is 5.32 Å². The van der Waals surface area contributed by atoms with Gasteiger partial charge in [-0.25, -0.2) is 0 Å². The van der Waals surface area contributed by atoms with Crippen molar-refractivity contribution in [3.8, 4) is 0 Å². The standard InChI is InChI=1S/C9H19NO/c1-5-7(3)9(10-4)8(11)6-2/h7,9-10H,5-6H2,1-4H3. The van der Waals surface area contributed by atoms with Crippen LogP contribution in [0.15, 0.2) is 0 Å². The molecule has 2 unspecified atom stereocenters. The first kappa shape index (κ1) is 10.6. The second-order valence-corrected chi connectivity index (χ2v) is 2.97. The van der Waals surface area contributed by atoms with Crippen LogP contribution < -0.4 is 5.32 Å². The van der Waals surface area contributed by atoms with Crippen molar-refractivity contribution >= 4 is 5.78 Å². The van der Waals surface area contributed by atoms with E-state index in [0.29, 0.717) is 18.1 Å². The van der Waals surface area contributed by atoms with Crippen molar-refractivity contribution < 1.29 is 4.79 Å². The predicted octanol–water partition coefficient (Wildman–Crippen LogP) is 1.60. The summed E-state index contributed by atoms with van der Waals surface area (Å²) in [5, 5.41) is 3.05. The lowest BCUT2D eigenvalue weighted by Crippen LogP contribution is -2.39. The Balaban J connectivity index is 4.03. The first-order chi connectivity index (χ1) is 5.17. The summed E-state index contributed by atoms with van der Waals surface area (Å²) in [6.07, 6.45) is 1.69. The zero-order valence-corrected chi connectivity index (χ0v) is 7.98. The third-order valence-electron chi connectivity index (χ3n) is 2.22. The van der Waals surface area contributed by atoms with E-state index in [4.69, 9.17) is 0 Å². The normalized spacial score (nSPS) is 16.0. The molecule has 0 saturated carbocycles. The highest BCUT2D eigenvalue weighted by molar-refractivity contribution is 5.83. The molecule has 0 bridgehead atoms. The smallest absolute Gasteiger partial charge is 0.149 e. The van der Waals surface area contributed by atoms with Crippen molar-refractivity contribution in [2.45, 2.75) is 39.7 Å². The number of nitrogens with one attached hydrogen (secondary N) is 1. The molecule has 66 valence electrons. The number of rotatable bonds is 5. The molecular formula is C9H19NO. The van der Waals surface area contributed by atoms with E-state index in [1.807, 2.05) is 14.0 Å². The Morgan fingerprint density at radius 2 is 2.00 bits per heavy atom. The van der Waals surface area contributed by atoms with Crippen LogP contribution in [-0.2, 0) is 4.79 Å². The highest BCUT2D eigenvalue weighted by atomic mass is 16.1. The van der Waals surface area contributed by atoms with Gasteiger partial charge in [-0.2, -0.15) is 0 Å². The van der Waals surface area contributed by atoms with E-state index in [1.165, 1.54) is 0 Å². The van der Waals surface area contributed by atoms with Crippen LogP contribution in [0.2, 0.25) is 0 Å². The largest absolute Gasteiger partial charge is 0.310 e. The van der Waals surface area contributed by atoms with E-state index in [0.717, 1.165) is 6.42 Å². The van der Waals surface area contributed by atoms with E-state index in [-0.39, 0.29) is 6.04 Å².